The Labute approximate surface area is 99.7 Å². The Morgan fingerprint density at radius 3 is 1.67 bits per heavy atom. The van der Waals surface area contributed by atoms with E-state index in [0.717, 1.165) is 11.5 Å². The lowest BCUT2D eigenvalue weighted by Gasteiger charge is -2.11. The van der Waals surface area contributed by atoms with Gasteiger partial charge in [0.2, 0.25) is 0 Å². The van der Waals surface area contributed by atoms with Crippen LogP contribution in [0.3, 0.4) is 0 Å². The van der Waals surface area contributed by atoms with Gasteiger partial charge in [0.1, 0.15) is 0 Å². The van der Waals surface area contributed by atoms with Crippen LogP contribution in [0.1, 0.15) is 20.8 Å². The standard InChI is InChI=1S/C8H19N5S2/c1-4-13(11-7(9)14-5-2)12-8(10)15-6-3/h4-6H2,1-3H3,(H2,9,11)(H2,10,12). The van der Waals surface area contributed by atoms with Crippen LogP contribution in [0.5, 0.6) is 0 Å². The van der Waals surface area contributed by atoms with Gasteiger partial charge >= 0.3 is 0 Å². The van der Waals surface area contributed by atoms with Gasteiger partial charge in [0.15, 0.2) is 10.3 Å². The summed E-state index contributed by atoms with van der Waals surface area (Å²) >= 11 is 2.97. The molecule has 0 bridgehead atoms. The molecule has 0 aromatic carbocycles. The maximum atomic E-state index is 5.66. The first-order valence-corrected chi connectivity index (χ1v) is 6.82. The van der Waals surface area contributed by atoms with Gasteiger partial charge in [0.25, 0.3) is 0 Å². The molecule has 0 aliphatic rings. The zero-order chi connectivity index (χ0) is 11.7. The molecule has 0 aromatic rings. The van der Waals surface area contributed by atoms with Crippen molar-refractivity contribution in [2.75, 3.05) is 18.1 Å². The van der Waals surface area contributed by atoms with Crippen LogP contribution in [0.4, 0.5) is 0 Å². The molecule has 0 fully saturated rings. The second-order valence-electron chi connectivity index (χ2n) is 2.43. The fourth-order valence-corrected chi connectivity index (χ4v) is 1.64. The fourth-order valence-electron chi connectivity index (χ4n) is 0.745. The number of amidine groups is 2. The van der Waals surface area contributed by atoms with Crippen molar-refractivity contribution < 1.29 is 0 Å². The van der Waals surface area contributed by atoms with E-state index < -0.39 is 0 Å². The smallest absolute Gasteiger partial charge is 0.180 e. The fraction of sp³-hybridized carbons (Fsp3) is 0.750. The highest BCUT2D eigenvalue weighted by Gasteiger charge is 1.99. The van der Waals surface area contributed by atoms with Crippen molar-refractivity contribution >= 4 is 33.9 Å². The van der Waals surface area contributed by atoms with Crippen molar-refractivity contribution in [2.45, 2.75) is 20.8 Å². The quantitative estimate of drug-likeness (QED) is 0.436. The van der Waals surface area contributed by atoms with Crippen molar-refractivity contribution in [1.29, 1.82) is 0 Å². The van der Waals surface area contributed by atoms with Crippen LogP contribution in [-0.4, -0.2) is 33.5 Å². The number of hydrogen-bond donors (Lipinski definition) is 2. The molecular formula is C8H19N5S2. The topological polar surface area (TPSA) is 80.0 Å². The Kier molecular flexibility index (Phi) is 8.40. The Morgan fingerprint density at radius 1 is 1.00 bits per heavy atom. The molecule has 0 saturated heterocycles. The van der Waals surface area contributed by atoms with Crippen LogP contribution in [0.25, 0.3) is 0 Å². The lowest BCUT2D eigenvalue weighted by molar-refractivity contribution is 0.323. The molecule has 0 radical (unpaired) electrons. The third-order valence-corrected chi connectivity index (χ3v) is 2.63. The molecule has 5 nitrogen and oxygen atoms in total. The van der Waals surface area contributed by atoms with Crippen molar-refractivity contribution in [3.05, 3.63) is 0 Å². The average molecular weight is 249 g/mol. The lowest BCUT2D eigenvalue weighted by atomic mass is 10.8. The average Bonchev–Trinajstić information content (AvgIpc) is 2.17. The highest BCUT2D eigenvalue weighted by atomic mass is 32.2. The van der Waals surface area contributed by atoms with Crippen LogP contribution < -0.4 is 11.5 Å². The number of hydrazone groups is 2. The minimum absolute atomic E-state index is 0.511. The Hall–Kier alpha value is -0.560. The molecule has 7 heteroatoms. The minimum Gasteiger partial charge on any atom is -0.377 e. The van der Waals surface area contributed by atoms with Gasteiger partial charge in [-0.1, -0.05) is 37.4 Å². The van der Waals surface area contributed by atoms with Gasteiger partial charge in [-0.3, -0.25) is 0 Å². The monoisotopic (exact) mass is 249 g/mol. The summed E-state index contributed by atoms with van der Waals surface area (Å²) in [6.07, 6.45) is 0. The molecular weight excluding hydrogens is 230 g/mol. The minimum atomic E-state index is 0.511. The normalized spacial score (nSPS) is 13.0. The molecule has 0 saturated carbocycles. The molecule has 88 valence electrons. The van der Waals surface area contributed by atoms with Gasteiger partial charge in [0.05, 0.1) is 6.54 Å². The largest absolute Gasteiger partial charge is 0.377 e. The van der Waals surface area contributed by atoms with E-state index in [9.17, 15) is 0 Å². The van der Waals surface area contributed by atoms with E-state index in [-0.39, 0.29) is 0 Å². The maximum absolute atomic E-state index is 5.66. The van der Waals surface area contributed by atoms with E-state index in [0.29, 0.717) is 16.9 Å². The lowest BCUT2D eigenvalue weighted by Crippen LogP contribution is -2.20. The Morgan fingerprint density at radius 2 is 1.40 bits per heavy atom. The highest BCUT2D eigenvalue weighted by Crippen LogP contribution is 2.04. The van der Waals surface area contributed by atoms with Crippen molar-refractivity contribution in [3.63, 3.8) is 0 Å². The predicted molar refractivity (Wildman–Crippen MR) is 71.9 cm³/mol. The summed E-state index contributed by atoms with van der Waals surface area (Å²) in [6, 6.07) is 0. The second kappa shape index (κ2) is 8.72. The molecule has 0 unspecified atom stereocenters. The summed E-state index contributed by atoms with van der Waals surface area (Å²) in [7, 11) is 0. The first kappa shape index (κ1) is 14.4. The Bertz CT molecular complexity index is 207. The van der Waals surface area contributed by atoms with Gasteiger partial charge in [0, 0.05) is 0 Å². The summed E-state index contributed by atoms with van der Waals surface area (Å²) in [6.45, 7) is 6.64. The van der Waals surface area contributed by atoms with E-state index in [2.05, 4.69) is 10.2 Å². The molecule has 0 aromatic heterocycles. The SMILES string of the molecule is CCS/C(N)=N/N(CC)/N=C(\N)SCC. The molecule has 0 aliphatic carbocycles. The van der Waals surface area contributed by atoms with E-state index in [1.807, 2.05) is 20.8 Å². The molecule has 0 heterocycles. The molecule has 0 atom stereocenters. The number of hydrogen-bond acceptors (Lipinski definition) is 5. The van der Waals surface area contributed by atoms with E-state index in [1.165, 1.54) is 28.6 Å². The first-order valence-electron chi connectivity index (χ1n) is 4.85. The summed E-state index contributed by atoms with van der Waals surface area (Å²) < 4.78 is 0. The van der Waals surface area contributed by atoms with Gasteiger partial charge in [-0.05, 0) is 18.4 Å². The summed E-state index contributed by atoms with van der Waals surface area (Å²) in [5.74, 6) is 1.80. The molecule has 15 heavy (non-hydrogen) atoms. The molecule has 0 spiro atoms. The second-order valence-corrected chi connectivity index (χ2v) is 5.00. The number of thioether (sulfide) groups is 2. The van der Waals surface area contributed by atoms with Crippen LogP contribution in [0, 0.1) is 0 Å². The third kappa shape index (κ3) is 7.38. The van der Waals surface area contributed by atoms with Crippen LogP contribution in [-0.2, 0) is 0 Å². The summed E-state index contributed by atoms with van der Waals surface area (Å²) in [5.41, 5.74) is 11.3. The number of rotatable bonds is 5. The summed E-state index contributed by atoms with van der Waals surface area (Å²) in [4.78, 5) is 0. The molecule has 0 amide bonds. The van der Waals surface area contributed by atoms with E-state index in [4.69, 9.17) is 11.5 Å². The van der Waals surface area contributed by atoms with E-state index >= 15 is 0 Å². The summed E-state index contributed by atoms with van der Waals surface area (Å²) in [5, 5.41) is 10.8. The number of nitrogens with two attached hydrogens (primary N) is 2. The predicted octanol–water partition coefficient (Wildman–Crippen LogP) is 1.27. The molecule has 4 N–H and O–H groups in total. The Balaban J connectivity index is 4.36. The van der Waals surface area contributed by atoms with E-state index in [1.54, 1.807) is 0 Å². The van der Waals surface area contributed by atoms with Crippen molar-refractivity contribution in [3.8, 4) is 0 Å². The maximum Gasteiger partial charge on any atom is 0.180 e. The third-order valence-electron chi connectivity index (χ3n) is 1.30. The van der Waals surface area contributed by atoms with Crippen LogP contribution in [0.2, 0.25) is 0 Å². The highest BCUT2D eigenvalue weighted by molar-refractivity contribution is 8.14. The van der Waals surface area contributed by atoms with Gasteiger partial charge in [-0.2, -0.15) is 5.12 Å². The van der Waals surface area contributed by atoms with Crippen LogP contribution >= 0.6 is 23.5 Å². The molecule has 0 rings (SSSR count). The van der Waals surface area contributed by atoms with Crippen molar-refractivity contribution in [2.24, 2.45) is 21.7 Å². The van der Waals surface area contributed by atoms with Crippen molar-refractivity contribution in [1.82, 2.24) is 5.12 Å². The first-order chi connectivity index (χ1) is 7.13. The zero-order valence-electron chi connectivity index (χ0n) is 9.43. The van der Waals surface area contributed by atoms with Gasteiger partial charge < -0.3 is 11.5 Å². The zero-order valence-corrected chi connectivity index (χ0v) is 11.1. The molecule has 0 aliphatic heterocycles. The number of nitrogens with zero attached hydrogens (tertiary/aromatic N) is 3. The van der Waals surface area contributed by atoms with Gasteiger partial charge in [-0.25, -0.2) is 0 Å². The van der Waals surface area contributed by atoms with Crippen LogP contribution in [0.15, 0.2) is 10.2 Å². The van der Waals surface area contributed by atoms with Gasteiger partial charge in [-0.15, -0.1) is 10.2 Å².